The molecule has 0 aliphatic carbocycles. The molecule has 1 aromatic heterocycles. The number of carbonyl (C=O) groups is 2. The van der Waals surface area contributed by atoms with Crippen LogP contribution in [-0.4, -0.2) is 43.4 Å². The number of nitrogens with zero attached hydrogens (tertiary/aromatic N) is 1. The largest absolute Gasteiger partial charge is 0.511 e. The Morgan fingerprint density at radius 3 is 2.71 bits per heavy atom. The maximum Gasteiger partial charge on any atom is 0.511 e. The summed E-state index contributed by atoms with van der Waals surface area (Å²) in [5.74, 6) is -0.712. The summed E-state index contributed by atoms with van der Waals surface area (Å²) < 4.78 is 21.5. The molecule has 10 nitrogen and oxygen atoms in total. The average molecular weight is 389 g/mol. The van der Waals surface area contributed by atoms with E-state index in [1.807, 2.05) is 30.3 Å². The van der Waals surface area contributed by atoms with Gasteiger partial charge in [0.25, 0.3) is 5.91 Å². The van der Waals surface area contributed by atoms with E-state index in [0.29, 0.717) is 6.61 Å². The number of rotatable bonds is 8. The van der Waals surface area contributed by atoms with E-state index in [9.17, 15) is 14.4 Å². The van der Waals surface area contributed by atoms with E-state index < -0.39 is 24.3 Å². The molecule has 2 N–H and O–H groups in total. The van der Waals surface area contributed by atoms with Crippen LogP contribution >= 0.6 is 0 Å². The molecule has 28 heavy (non-hydrogen) atoms. The van der Waals surface area contributed by atoms with Crippen molar-refractivity contribution in [3.63, 3.8) is 0 Å². The Bertz CT molecular complexity index is 882. The Morgan fingerprint density at radius 1 is 1.07 bits per heavy atom. The van der Waals surface area contributed by atoms with Crippen molar-refractivity contribution in [1.29, 1.82) is 0 Å². The molecular formula is C18H19N3O7. The van der Waals surface area contributed by atoms with Crippen LogP contribution < -0.4 is 20.9 Å². The van der Waals surface area contributed by atoms with Crippen LogP contribution in [0.1, 0.15) is 16.1 Å². The van der Waals surface area contributed by atoms with Crippen molar-refractivity contribution in [1.82, 2.24) is 9.99 Å². The minimum absolute atomic E-state index is 0.00137. The van der Waals surface area contributed by atoms with Gasteiger partial charge in [-0.05, 0) is 5.56 Å². The normalized spacial score (nSPS) is 12.4. The van der Waals surface area contributed by atoms with Gasteiger partial charge in [0.2, 0.25) is 18.0 Å². The summed E-state index contributed by atoms with van der Waals surface area (Å²) in [5.41, 5.74) is 3.31. The molecule has 2 heterocycles. The van der Waals surface area contributed by atoms with Crippen molar-refractivity contribution in [2.75, 3.05) is 32.1 Å². The third-order valence-corrected chi connectivity index (χ3v) is 3.71. The molecule has 3 rings (SSSR count). The van der Waals surface area contributed by atoms with Crippen LogP contribution in [0.2, 0.25) is 0 Å². The van der Waals surface area contributed by atoms with Gasteiger partial charge in [0.1, 0.15) is 13.3 Å². The number of pyridine rings is 1. The van der Waals surface area contributed by atoms with Gasteiger partial charge >= 0.3 is 6.16 Å². The molecule has 148 valence electrons. The quantitative estimate of drug-likeness (QED) is 0.387. The van der Waals surface area contributed by atoms with Gasteiger partial charge < -0.3 is 29.7 Å². The van der Waals surface area contributed by atoms with Crippen molar-refractivity contribution in [3.05, 3.63) is 64.1 Å². The van der Waals surface area contributed by atoms with Crippen LogP contribution in [-0.2, 0) is 20.8 Å². The predicted molar refractivity (Wildman–Crippen MR) is 96.4 cm³/mol. The van der Waals surface area contributed by atoms with Gasteiger partial charge in [0, 0.05) is 12.3 Å². The fraction of sp³-hybridized carbons (Fsp3) is 0.278. The molecule has 0 radical (unpaired) electrons. The fourth-order valence-corrected chi connectivity index (χ4v) is 2.42. The Balaban J connectivity index is 1.39. The van der Waals surface area contributed by atoms with Gasteiger partial charge in [-0.2, -0.15) is 0 Å². The number of aromatic nitrogens is 1. The number of fused-ring (bicyclic) bond motifs is 1. The Kier molecular flexibility index (Phi) is 6.47. The lowest BCUT2D eigenvalue weighted by Gasteiger charge is -2.22. The summed E-state index contributed by atoms with van der Waals surface area (Å²) in [5, 5.41) is 2.52. The SMILES string of the molecule is O=C(OCCOCc1ccccc1)OCOc1c2n(ccc1=O)NCNC2=O. The molecule has 1 aliphatic rings. The maximum atomic E-state index is 11.9. The van der Waals surface area contributed by atoms with Crippen molar-refractivity contribution in [2.45, 2.75) is 6.61 Å². The topological polar surface area (TPSA) is 117 Å². The first-order valence-electron chi connectivity index (χ1n) is 8.47. The lowest BCUT2D eigenvalue weighted by Crippen LogP contribution is -2.43. The van der Waals surface area contributed by atoms with Crippen LogP contribution in [0.5, 0.6) is 5.75 Å². The van der Waals surface area contributed by atoms with Crippen LogP contribution in [0.15, 0.2) is 47.4 Å². The van der Waals surface area contributed by atoms with Crippen LogP contribution in [0, 0.1) is 0 Å². The number of amides is 1. The minimum atomic E-state index is -0.976. The molecule has 0 saturated heterocycles. The highest BCUT2D eigenvalue weighted by Gasteiger charge is 2.23. The highest BCUT2D eigenvalue weighted by Crippen LogP contribution is 2.14. The van der Waals surface area contributed by atoms with Gasteiger partial charge in [-0.25, -0.2) is 4.79 Å². The molecule has 0 atom stereocenters. The molecule has 0 unspecified atom stereocenters. The van der Waals surface area contributed by atoms with E-state index in [-0.39, 0.29) is 31.3 Å². The predicted octanol–water partition coefficient (Wildman–Crippen LogP) is 0.799. The number of nitrogens with one attached hydrogen (secondary N) is 2. The second kappa shape index (κ2) is 9.42. The molecule has 1 aromatic carbocycles. The Labute approximate surface area is 159 Å². The first-order chi connectivity index (χ1) is 13.6. The molecule has 10 heteroatoms. The van der Waals surface area contributed by atoms with Crippen LogP contribution in [0.3, 0.4) is 0 Å². The Hall–Kier alpha value is -3.53. The third kappa shape index (κ3) is 5.01. The first kappa shape index (κ1) is 19.2. The number of carbonyl (C=O) groups excluding carboxylic acids is 2. The molecular weight excluding hydrogens is 370 g/mol. The van der Waals surface area contributed by atoms with E-state index >= 15 is 0 Å². The summed E-state index contributed by atoms with van der Waals surface area (Å²) >= 11 is 0. The summed E-state index contributed by atoms with van der Waals surface area (Å²) in [6, 6.07) is 10.8. The van der Waals surface area contributed by atoms with Gasteiger partial charge in [-0.15, -0.1) is 0 Å². The summed E-state index contributed by atoms with van der Waals surface area (Å²) in [4.78, 5) is 35.4. The summed E-state index contributed by atoms with van der Waals surface area (Å²) in [6.07, 6.45) is 0.434. The average Bonchev–Trinajstić information content (AvgIpc) is 2.70. The zero-order valence-corrected chi connectivity index (χ0v) is 14.9. The second-order valence-corrected chi connectivity index (χ2v) is 5.61. The molecule has 0 spiro atoms. The van der Waals surface area contributed by atoms with Crippen molar-refractivity contribution < 1.29 is 28.5 Å². The minimum Gasteiger partial charge on any atom is -0.451 e. The lowest BCUT2D eigenvalue weighted by atomic mass is 10.2. The zero-order chi connectivity index (χ0) is 19.8. The molecule has 0 fully saturated rings. The van der Waals surface area contributed by atoms with E-state index in [2.05, 4.69) is 10.7 Å². The maximum absolute atomic E-state index is 11.9. The smallest absolute Gasteiger partial charge is 0.451 e. The van der Waals surface area contributed by atoms with E-state index in [1.54, 1.807) is 0 Å². The second-order valence-electron chi connectivity index (χ2n) is 5.61. The monoisotopic (exact) mass is 389 g/mol. The highest BCUT2D eigenvalue weighted by atomic mass is 16.8. The zero-order valence-electron chi connectivity index (χ0n) is 14.9. The molecule has 1 amide bonds. The standard InChI is InChI=1S/C18H19N3O7/c22-14-6-7-21-15(17(23)19-11-20-21)16(14)27-12-28-18(24)26-9-8-25-10-13-4-2-1-3-5-13/h1-7,20H,8-12H2,(H,19,23). The summed E-state index contributed by atoms with van der Waals surface area (Å²) in [7, 11) is 0. The lowest BCUT2D eigenvalue weighted by molar-refractivity contribution is -0.0102. The van der Waals surface area contributed by atoms with E-state index in [4.69, 9.17) is 18.9 Å². The van der Waals surface area contributed by atoms with Gasteiger partial charge in [0.05, 0.1) is 13.2 Å². The van der Waals surface area contributed by atoms with Crippen molar-refractivity contribution >= 4 is 12.1 Å². The fourth-order valence-electron chi connectivity index (χ4n) is 2.42. The van der Waals surface area contributed by atoms with Gasteiger partial charge in [-0.1, -0.05) is 30.3 Å². The number of benzene rings is 1. The van der Waals surface area contributed by atoms with Crippen LogP contribution in [0.4, 0.5) is 4.79 Å². The highest BCUT2D eigenvalue weighted by molar-refractivity contribution is 5.96. The Morgan fingerprint density at radius 2 is 1.89 bits per heavy atom. The third-order valence-electron chi connectivity index (χ3n) is 3.71. The first-order valence-corrected chi connectivity index (χ1v) is 8.47. The van der Waals surface area contributed by atoms with Gasteiger partial charge in [0.15, 0.2) is 5.69 Å². The van der Waals surface area contributed by atoms with Gasteiger partial charge in [-0.3, -0.25) is 14.3 Å². The van der Waals surface area contributed by atoms with E-state index in [1.165, 1.54) is 16.9 Å². The number of ether oxygens (including phenoxy) is 4. The molecule has 2 aromatic rings. The number of hydrogen-bond donors (Lipinski definition) is 2. The van der Waals surface area contributed by atoms with E-state index in [0.717, 1.165) is 5.56 Å². The number of hydrogen-bond acceptors (Lipinski definition) is 8. The van der Waals surface area contributed by atoms with Crippen LogP contribution in [0.25, 0.3) is 0 Å². The molecule has 0 bridgehead atoms. The molecule has 1 aliphatic heterocycles. The summed E-state index contributed by atoms with van der Waals surface area (Å²) in [6.45, 7) is 0.236. The van der Waals surface area contributed by atoms with Crippen molar-refractivity contribution in [3.8, 4) is 5.75 Å². The molecule has 0 saturated carbocycles. The van der Waals surface area contributed by atoms with Crippen molar-refractivity contribution in [2.24, 2.45) is 0 Å².